The van der Waals surface area contributed by atoms with Gasteiger partial charge in [-0.1, -0.05) is 0 Å². The molecule has 1 fully saturated rings. The molecule has 1 aromatic rings. The zero-order valence-electron chi connectivity index (χ0n) is 10.5. The average Bonchev–Trinajstić information content (AvgIpc) is 2.61. The lowest BCUT2D eigenvalue weighted by Gasteiger charge is -2.14. The first-order chi connectivity index (χ1) is 9.64. The van der Waals surface area contributed by atoms with E-state index in [2.05, 4.69) is 4.72 Å². The van der Waals surface area contributed by atoms with Crippen LogP contribution in [0.4, 0.5) is 4.39 Å². The summed E-state index contributed by atoms with van der Waals surface area (Å²) in [6, 6.07) is 3.30. The van der Waals surface area contributed by atoms with Crippen LogP contribution in [0.1, 0.15) is 5.56 Å². The standard InChI is InChI=1S/C11H10ClFN2O4S2/c12-9-5-20(16,17)6-11(9)15-21(18,19)8-1-2-10(13)7(3-8)4-14/h1-3,9,11,15H,5-6H2. The second kappa shape index (κ2) is 5.53. The van der Waals surface area contributed by atoms with Crippen LogP contribution in [-0.2, 0) is 19.9 Å². The third kappa shape index (κ3) is 3.52. The monoisotopic (exact) mass is 352 g/mol. The maximum atomic E-state index is 13.2. The van der Waals surface area contributed by atoms with Crippen molar-refractivity contribution in [2.75, 3.05) is 11.5 Å². The van der Waals surface area contributed by atoms with Crippen molar-refractivity contribution < 1.29 is 21.2 Å². The Morgan fingerprint density at radius 1 is 1.38 bits per heavy atom. The number of sulfone groups is 1. The normalized spacial score (nSPS) is 24.6. The highest BCUT2D eigenvalue weighted by Crippen LogP contribution is 2.21. The Morgan fingerprint density at radius 3 is 2.57 bits per heavy atom. The number of hydrogen-bond acceptors (Lipinski definition) is 5. The number of nitrogens with zero attached hydrogens (tertiary/aromatic N) is 1. The molecule has 0 aliphatic carbocycles. The van der Waals surface area contributed by atoms with Crippen LogP contribution in [0.25, 0.3) is 0 Å². The summed E-state index contributed by atoms with van der Waals surface area (Å²) in [6.07, 6.45) is 0. The topological polar surface area (TPSA) is 104 Å². The second-order valence-electron chi connectivity index (χ2n) is 4.57. The lowest BCUT2D eigenvalue weighted by molar-refractivity contribution is 0.563. The van der Waals surface area contributed by atoms with Crippen LogP contribution < -0.4 is 4.72 Å². The molecule has 2 atom stereocenters. The maximum Gasteiger partial charge on any atom is 0.240 e. The van der Waals surface area contributed by atoms with Crippen LogP contribution >= 0.6 is 11.6 Å². The summed E-state index contributed by atoms with van der Waals surface area (Å²) in [5.74, 6) is -1.54. The van der Waals surface area contributed by atoms with Crippen molar-refractivity contribution in [3.05, 3.63) is 29.6 Å². The number of nitrogens with one attached hydrogen (secondary N) is 1. The molecule has 1 aliphatic heterocycles. The van der Waals surface area contributed by atoms with Gasteiger partial charge in [-0.05, 0) is 18.2 Å². The van der Waals surface area contributed by atoms with Gasteiger partial charge in [0.15, 0.2) is 9.84 Å². The lowest BCUT2D eigenvalue weighted by atomic mass is 10.2. The van der Waals surface area contributed by atoms with Crippen LogP contribution in [0.15, 0.2) is 23.1 Å². The fourth-order valence-corrected chi connectivity index (χ4v) is 5.97. The van der Waals surface area contributed by atoms with Crippen molar-refractivity contribution in [3.8, 4) is 6.07 Å². The van der Waals surface area contributed by atoms with Gasteiger partial charge in [-0.3, -0.25) is 0 Å². The highest BCUT2D eigenvalue weighted by molar-refractivity contribution is 7.92. The van der Waals surface area contributed by atoms with Crippen molar-refractivity contribution in [2.45, 2.75) is 16.3 Å². The molecule has 1 aliphatic rings. The quantitative estimate of drug-likeness (QED) is 0.792. The van der Waals surface area contributed by atoms with E-state index in [9.17, 15) is 21.2 Å². The van der Waals surface area contributed by atoms with Crippen LogP contribution in [0.3, 0.4) is 0 Å². The molecule has 2 rings (SSSR count). The van der Waals surface area contributed by atoms with E-state index in [1.807, 2.05) is 0 Å². The minimum absolute atomic E-state index is 0.311. The molecule has 2 unspecified atom stereocenters. The number of nitriles is 1. The first-order valence-electron chi connectivity index (χ1n) is 5.71. The molecule has 21 heavy (non-hydrogen) atoms. The van der Waals surface area contributed by atoms with Gasteiger partial charge in [0.1, 0.15) is 11.9 Å². The van der Waals surface area contributed by atoms with Crippen molar-refractivity contribution >= 4 is 31.5 Å². The summed E-state index contributed by atoms with van der Waals surface area (Å²) in [5.41, 5.74) is -0.417. The van der Waals surface area contributed by atoms with Gasteiger partial charge in [-0.2, -0.15) is 5.26 Å². The fraction of sp³-hybridized carbons (Fsp3) is 0.364. The number of alkyl halides is 1. The molecular weight excluding hydrogens is 343 g/mol. The largest absolute Gasteiger partial charge is 0.240 e. The highest BCUT2D eigenvalue weighted by Gasteiger charge is 2.39. The van der Waals surface area contributed by atoms with Gasteiger partial charge >= 0.3 is 0 Å². The SMILES string of the molecule is N#Cc1cc(S(=O)(=O)NC2CS(=O)(=O)CC2Cl)ccc1F. The first-order valence-corrected chi connectivity index (χ1v) is 9.45. The van der Waals surface area contributed by atoms with Gasteiger partial charge in [-0.25, -0.2) is 25.9 Å². The Kier molecular flexibility index (Phi) is 4.26. The first kappa shape index (κ1) is 16.2. The van der Waals surface area contributed by atoms with E-state index in [1.54, 1.807) is 0 Å². The zero-order chi connectivity index (χ0) is 15.8. The Hall–Kier alpha value is -1.21. The van der Waals surface area contributed by atoms with E-state index in [0.29, 0.717) is 0 Å². The smallest absolute Gasteiger partial charge is 0.229 e. The van der Waals surface area contributed by atoms with Gasteiger partial charge in [0.25, 0.3) is 0 Å². The molecule has 1 saturated heterocycles. The molecule has 1 aromatic carbocycles. The molecular formula is C11H10ClFN2O4S2. The van der Waals surface area contributed by atoms with E-state index in [0.717, 1.165) is 18.2 Å². The van der Waals surface area contributed by atoms with Crippen molar-refractivity contribution in [1.82, 2.24) is 4.72 Å². The molecule has 6 nitrogen and oxygen atoms in total. The summed E-state index contributed by atoms with van der Waals surface area (Å²) < 4.78 is 62.4. The summed E-state index contributed by atoms with van der Waals surface area (Å²) in [4.78, 5) is -0.325. The molecule has 114 valence electrons. The summed E-state index contributed by atoms with van der Waals surface area (Å²) in [7, 11) is -7.48. The number of sulfonamides is 1. The number of benzene rings is 1. The summed E-state index contributed by atoms with van der Waals surface area (Å²) in [6.45, 7) is 0. The second-order valence-corrected chi connectivity index (χ2v) is 9.00. The minimum atomic E-state index is -4.09. The van der Waals surface area contributed by atoms with Gasteiger partial charge in [-0.15, -0.1) is 11.6 Å². The van der Waals surface area contributed by atoms with Crippen LogP contribution in [0.2, 0.25) is 0 Å². The molecule has 0 radical (unpaired) electrons. The molecule has 0 bridgehead atoms. The van der Waals surface area contributed by atoms with Crippen molar-refractivity contribution in [3.63, 3.8) is 0 Å². The predicted molar refractivity (Wildman–Crippen MR) is 73.5 cm³/mol. The van der Waals surface area contributed by atoms with Crippen LogP contribution in [-0.4, -0.2) is 39.8 Å². The molecule has 1 N–H and O–H groups in total. The summed E-state index contributed by atoms with van der Waals surface area (Å²) in [5, 5.41) is 7.82. The number of hydrogen-bond donors (Lipinski definition) is 1. The van der Waals surface area contributed by atoms with Crippen molar-refractivity contribution in [1.29, 1.82) is 5.26 Å². The van der Waals surface area contributed by atoms with Gasteiger partial charge in [0, 0.05) is 0 Å². The van der Waals surface area contributed by atoms with E-state index < -0.39 is 48.4 Å². The van der Waals surface area contributed by atoms with Crippen LogP contribution in [0, 0.1) is 17.1 Å². The Balaban J connectivity index is 2.30. The van der Waals surface area contributed by atoms with E-state index in [-0.39, 0.29) is 10.6 Å². The number of rotatable bonds is 3. The molecule has 0 aromatic heterocycles. The van der Waals surface area contributed by atoms with Crippen LogP contribution in [0.5, 0.6) is 0 Å². The molecule has 10 heteroatoms. The Morgan fingerprint density at radius 2 is 2.05 bits per heavy atom. The number of halogens is 2. The lowest BCUT2D eigenvalue weighted by Crippen LogP contribution is -2.40. The highest BCUT2D eigenvalue weighted by atomic mass is 35.5. The van der Waals surface area contributed by atoms with Gasteiger partial charge in [0.2, 0.25) is 10.0 Å². The molecule has 0 spiro atoms. The predicted octanol–water partition coefficient (Wildman–Crippen LogP) is 0.380. The maximum absolute atomic E-state index is 13.2. The van der Waals surface area contributed by atoms with E-state index in [4.69, 9.17) is 16.9 Å². The zero-order valence-corrected chi connectivity index (χ0v) is 12.8. The van der Waals surface area contributed by atoms with Crippen molar-refractivity contribution in [2.24, 2.45) is 0 Å². The van der Waals surface area contributed by atoms with E-state index in [1.165, 1.54) is 6.07 Å². The average molecular weight is 353 g/mol. The Bertz CT molecular complexity index is 817. The van der Waals surface area contributed by atoms with Gasteiger partial charge in [0.05, 0.1) is 33.4 Å². The minimum Gasteiger partial charge on any atom is -0.229 e. The third-order valence-corrected chi connectivity index (χ3v) is 6.82. The third-order valence-electron chi connectivity index (χ3n) is 2.96. The van der Waals surface area contributed by atoms with E-state index >= 15 is 0 Å². The fourth-order valence-electron chi connectivity index (χ4n) is 1.94. The Labute approximate surface area is 126 Å². The molecule has 0 saturated carbocycles. The summed E-state index contributed by atoms with van der Waals surface area (Å²) >= 11 is 5.82. The van der Waals surface area contributed by atoms with Gasteiger partial charge < -0.3 is 0 Å². The molecule has 1 heterocycles. The molecule has 0 amide bonds.